The largest absolute Gasteiger partial charge is 0.406 e. The van der Waals surface area contributed by atoms with Gasteiger partial charge in [0, 0.05) is 12.1 Å². The van der Waals surface area contributed by atoms with E-state index in [1.54, 1.807) is 31.2 Å². The normalized spacial score (nSPS) is 11.6. The van der Waals surface area contributed by atoms with E-state index in [0.717, 1.165) is 4.90 Å². The molecule has 0 aliphatic rings. The Balaban J connectivity index is 2.09. The lowest BCUT2D eigenvalue weighted by Crippen LogP contribution is -2.41. The lowest BCUT2D eigenvalue weighted by molar-refractivity contribution is -0.161. The quantitative estimate of drug-likeness (QED) is 0.826. The molecule has 0 bridgehead atoms. The number of aromatic nitrogens is 3. The van der Waals surface area contributed by atoms with E-state index in [1.807, 2.05) is 0 Å². The molecule has 1 heterocycles. The Labute approximate surface area is 142 Å². The number of aliphatic hydroxyl groups excluding tert-OH is 1. The molecule has 1 N–H and O–H groups in total. The highest BCUT2D eigenvalue weighted by Crippen LogP contribution is 2.19. The maximum atomic E-state index is 12.6. The Bertz CT molecular complexity index is 715. The van der Waals surface area contributed by atoms with Crippen LogP contribution in [0.5, 0.6) is 0 Å². The number of benzene rings is 1. The van der Waals surface area contributed by atoms with Crippen molar-refractivity contribution < 1.29 is 23.1 Å². The van der Waals surface area contributed by atoms with Crippen molar-refractivity contribution in [1.29, 1.82) is 0 Å². The molecule has 0 spiro atoms. The zero-order chi connectivity index (χ0) is 18.4. The van der Waals surface area contributed by atoms with E-state index < -0.39 is 18.6 Å². The Hall–Kier alpha value is -2.42. The van der Waals surface area contributed by atoms with E-state index in [0.29, 0.717) is 23.2 Å². The second-order valence-electron chi connectivity index (χ2n) is 5.59. The van der Waals surface area contributed by atoms with Crippen molar-refractivity contribution in [2.75, 3.05) is 13.1 Å². The van der Waals surface area contributed by atoms with Crippen LogP contribution >= 0.6 is 0 Å². The van der Waals surface area contributed by atoms with Crippen LogP contribution in [0.15, 0.2) is 30.5 Å². The molecule has 0 atom stereocenters. The molecule has 9 heteroatoms. The van der Waals surface area contributed by atoms with Crippen LogP contribution < -0.4 is 0 Å². The number of rotatable bonds is 7. The average molecular weight is 356 g/mol. The topological polar surface area (TPSA) is 71.2 Å². The zero-order valence-electron chi connectivity index (χ0n) is 13.7. The van der Waals surface area contributed by atoms with Gasteiger partial charge < -0.3 is 10.0 Å². The molecule has 2 rings (SSSR count). The summed E-state index contributed by atoms with van der Waals surface area (Å²) >= 11 is 0. The van der Waals surface area contributed by atoms with Gasteiger partial charge in [-0.1, -0.05) is 30.3 Å². The predicted molar refractivity (Wildman–Crippen MR) is 84.3 cm³/mol. The van der Waals surface area contributed by atoms with Gasteiger partial charge in [0.1, 0.15) is 18.8 Å². The van der Waals surface area contributed by atoms with Crippen LogP contribution in [0.25, 0.3) is 11.3 Å². The molecular weight excluding hydrogens is 337 g/mol. The van der Waals surface area contributed by atoms with E-state index in [1.165, 1.54) is 10.9 Å². The van der Waals surface area contributed by atoms with Crippen molar-refractivity contribution in [1.82, 2.24) is 19.9 Å². The maximum Gasteiger partial charge on any atom is 0.406 e. The third kappa shape index (κ3) is 5.56. The molecule has 0 unspecified atom stereocenters. The monoisotopic (exact) mass is 356 g/mol. The van der Waals surface area contributed by atoms with Crippen LogP contribution in [0.3, 0.4) is 0 Å². The standard InChI is InChI=1S/C16H19F3N4O2/c1-2-6-22(11-16(17,18)19)15(25)9-23-8-14(20-21-23)13-5-3-4-12(7-13)10-24/h3-5,7-8,24H,2,6,9-11H2,1H3. The first-order valence-corrected chi connectivity index (χ1v) is 7.77. The lowest BCUT2D eigenvalue weighted by atomic mass is 10.1. The fraction of sp³-hybridized carbons (Fsp3) is 0.438. The van der Waals surface area contributed by atoms with Crippen molar-refractivity contribution in [3.05, 3.63) is 36.0 Å². The Morgan fingerprint density at radius 2 is 2.12 bits per heavy atom. The molecule has 0 aliphatic carbocycles. The molecule has 25 heavy (non-hydrogen) atoms. The number of alkyl halides is 3. The number of nitrogens with zero attached hydrogens (tertiary/aromatic N) is 4. The fourth-order valence-corrected chi connectivity index (χ4v) is 2.35. The van der Waals surface area contributed by atoms with Crippen molar-refractivity contribution >= 4 is 5.91 Å². The molecule has 1 aromatic carbocycles. The molecule has 1 aromatic heterocycles. The highest BCUT2D eigenvalue weighted by Gasteiger charge is 2.32. The van der Waals surface area contributed by atoms with E-state index in [2.05, 4.69) is 10.3 Å². The minimum atomic E-state index is -4.44. The number of carbonyl (C=O) groups excluding carboxylic acids is 1. The van der Waals surface area contributed by atoms with Crippen LogP contribution in [-0.2, 0) is 17.9 Å². The smallest absolute Gasteiger partial charge is 0.392 e. The molecule has 1 amide bonds. The number of halogens is 3. The number of hydrogen-bond acceptors (Lipinski definition) is 4. The summed E-state index contributed by atoms with van der Waals surface area (Å²) in [5.41, 5.74) is 1.87. The van der Waals surface area contributed by atoms with Gasteiger partial charge in [-0.15, -0.1) is 5.10 Å². The highest BCUT2D eigenvalue weighted by molar-refractivity contribution is 5.76. The van der Waals surface area contributed by atoms with Gasteiger partial charge in [-0.2, -0.15) is 13.2 Å². The van der Waals surface area contributed by atoms with Crippen LogP contribution in [0, 0.1) is 0 Å². The van der Waals surface area contributed by atoms with Gasteiger partial charge in [0.2, 0.25) is 5.91 Å². The summed E-state index contributed by atoms with van der Waals surface area (Å²) in [6.45, 7) is 0.0171. The van der Waals surface area contributed by atoms with Gasteiger partial charge in [-0.05, 0) is 18.1 Å². The van der Waals surface area contributed by atoms with Gasteiger partial charge in [-0.3, -0.25) is 4.79 Å². The molecule has 2 aromatic rings. The SMILES string of the molecule is CCCN(CC(F)(F)F)C(=O)Cn1cc(-c2cccc(CO)c2)nn1. The zero-order valence-corrected chi connectivity index (χ0v) is 13.7. The van der Waals surface area contributed by atoms with E-state index in [-0.39, 0.29) is 19.7 Å². The van der Waals surface area contributed by atoms with Crippen molar-refractivity contribution in [3.8, 4) is 11.3 Å². The average Bonchev–Trinajstić information content (AvgIpc) is 3.02. The Kier molecular flexibility index (Phi) is 6.13. The number of aliphatic hydroxyl groups is 1. The minimum Gasteiger partial charge on any atom is -0.392 e. The molecule has 0 saturated carbocycles. The first-order chi connectivity index (χ1) is 11.8. The first kappa shape index (κ1) is 18.9. The van der Waals surface area contributed by atoms with E-state index >= 15 is 0 Å². The van der Waals surface area contributed by atoms with Gasteiger partial charge in [0.15, 0.2) is 0 Å². The van der Waals surface area contributed by atoms with Crippen LogP contribution in [0.4, 0.5) is 13.2 Å². The summed E-state index contributed by atoms with van der Waals surface area (Å²) < 4.78 is 38.9. The van der Waals surface area contributed by atoms with Crippen LogP contribution in [0.2, 0.25) is 0 Å². The predicted octanol–water partition coefficient (Wildman–Crippen LogP) is 2.24. The first-order valence-electron chi connectivity index (χ1n) is 7.77. The summed E-state index contributed by atoms with van der Waals surface area (Å²) in [7, 11) is 0. The van der Waals surface area contributed by atoms with Crippen molar-refractivity contribution in [2.24, 2.45) is 0 Å². The van der Waals surface area contributed by atoms with Crippen LogP contribution in [0.1, 0.15) is 18.9 Å². The maximum absolute atomic E-state index is 12.6. The lowest BCUT2D eigenvalue weighted by Gasteiger charge is -2.23. The summed E-state index contributed by atoms with van der Waals surface area (Å²) in [5.74, 6) is -0.667. The van der Waals surface area contributed by atoms with Gasteiger partial charge in [-0.25, -0.2) is 4.68 Å². The van der Waals surface area contributed by atoms with Gasteiger partial charge in [0.05, 0.1) is 12.8 Å². The number of hydrogen-bond donors (Lipinski definition) is 1. The Morgan fingerprint density at radius 1 is 1.36 bits per heavy atom. The summed E-state index contributed by atoms with van der Waals surface area (Å²) in [4.78, 5) is 12.9. The van der Waals surface area contributed by atoms with Gasteiger partial charge in [0.25, 0.3) is 0 Å². The second kappa shape index (κ2) is 8.11. The van der Waals surface area contributed by atoms with Gasteiger partial charge >= 0.3 is 6.18 Å². The number of amides is 1. The fourth-order valence-electron chi connectivity index (χ4n) is 2.35. The summed E-state index contributed by atoms with van der Waals surface area (Å²) in [5, 5.41) is 16.9. The van der Waals surface area contributed by atoms with Crippen molar-refractivity contribution in [2.45, 2.75) is 32.7 Å². The van der Waals surface area contributed by atoms with E-state index in [4.69, 9.17) is 5.11 Å². The molecule has 0 fully saturated rings. The molecule has 0 radical (unpaired) electrons. The molecule has 0 aliphatic heterocycles. The van der Waals surface area contributed by atoms with Crippen LogP contribution in [-0.4, -0.2) is 50.2 Å². The summed E-state index contributed by atoms with van der Waals surface area (Å²) in [6.07, 6.45) is -2.52. The summed E-state index contributed by atoms with van der Waals surface area (Å²) in [6, 6.07) is 6.99. The minimum absolute atomic E-state index is 0.0262. The second-order valence-corrected chi connectivity index (χ2v) is 5.59. The third-order valence-corrected chi connectivity index (χ3v) is 3.46. The molecule has 136 valence electrons. The van der Waals surface area contributed by atoms with E-state index in [9.17, 15) is 18.0 Å². The third-order valence-electron chi connectivity index (χ3n) is 3.46. The highest BCUT2D eigenvalue weighted by atomic mass is 19.4. The number of carbonyl (C=O) groups is 1. The van der Waals surface area contributed by atoms with Crippen molar-refractivity contribution in [3.63, 3.8) is 0 Å². The molecule has 6 nitrogen and oxygen atoms in total. The molecule has 0 saturated heterocycles. The Morgan fingerprint density at radius 3 is 2.76 bits per heavy atom. The molecular formula is C16H19F3N4O2.